The van der Waals surface area contributed by atoms with Crippen molar-refractivity contribution in [2.75, 3.05) is 0 Å². The van der Waals surface area contributed by atoms with Gasteiger partial charge in [-0.15, -0.1) is 0 Å². The van der Waals surface area contributed by atoms with E-state index in [4.69, 9.17) is 0 Å². The van der Waals surface area contributed by atoms with Crippen LogP contribution in [0, 0.1) is 16.7 Å². The van der Waals surface area contributed by atoms with Crippen LogP contribution in [0.2, 0.25) is 0 Å². The SMILES string of the molecule is Cn1ncc(Br)c1C1(O)C2(C)CCC(C2)C1(C)C. The average molecular weight is 313 g/mol. The number of nitrogens with zero attached hydrogens (tertiary/aromatic N) is 2. The first-order valence-electron chi connectivity index (χ1n) is 6.64. The lowest BCUT2D eigenvalue weighted by Crippen LogP contribution is -2.52. The van der Waals surface area contributed by atoms with Crippen LogP contribution in [0.15, 0.2) is 10.7 Å². The Bertz CT molecular complexity index is 484. The Balaban J connectivity index is 2.26. The molecule has 100 valence electrons. The topological polar surface area (TPSA) is 38.0 Å². The standard InChI is InChI=1S/C14H21BrN2O/c1-12(2)9-5-6-13(3,7-9)14(12,18)11-10(15)8-16-17(11)4/h8-9,18H,5-7H2,1-4H3. The molecule has 1 heterocycles. The van der Waals surface area contributed by atoms with Crippen molar-refractivity contribution in [3.63, 3.8) is 0 Å². The van der Waals surface area contributed by atoms with Gasteiger partial charge in [0.15, 0.2) is 0 Å². The zero-order valence-electron chi connectivity index (χ0n) is 11.5. The van der Waals surface area contributed by atoms with Crippen LogP contribution >= 0.6 is 15.9 Å². The van der Waals surface area contributed by atoms with Crippen molar-refractivity contribution in [2.45, 2.75) is 45.6 Å². The van der Waals surface area contributed by atoms with Crippen LogP contribution in [-0.4, -0.2) is 14.9 Å². The molecule has 18 heavy (non-hydrogen) atoms. The minimum atomic E-state index is -0.799. The van der Waals surface area contributed by atoms with E-state index in [-0.39, 0.29) is 10.8 Å². The van der Waals surface area contributed by atoms with Crippen molar-refractivity contribution in [1.29, 1.82) is 0 Å². The highest BCUT2D eigenvalue weighted by molar-refractivity contribution is 9.10. The third-order valence-corrected chi connectivity index (χ3v) is 6.39. The van der Waals surface area contributed by atoms with Gasteiger partial charge in [-0.3, -0.25) is 4.68 Å². The van der Waals surface area contributed by atoms with Gasteiger partial charge in [0.05, 0.1) is 16.4 Å². The van der Waals surface area contributed by atoms with Gasteiger partial charge in [-0.1, -0.05) is 20.8 Å². The lowest BCUT2D eigenvalue weighted by molar-refractivity contribution is -0.156. The molecule has 0 saturated heterocycles. The van der Waals surface area contributed by atoms with Crippen LogP contribution in [0.3, 0.4) is 0 Å². The summed E-state index contributed by atoms with van der Waals surface area (Å²) in [7, 11) is 1.92. The van der Waals surface area contributed by atoms with E-state index in [1.807, 2.05) is 11.7 Å². The zero-order chi connectivity index (χ0) is 13.3. The Morgan fingerprint density at radius 2 is 2.11 bits per heavy atom. The molecule has 2 fully saturated rings. The van der Waals surface area contributed by atoms with Crippen molar-refractivity contribution >= 4 is 15.9 Å². The number of hydrogen-bond acceptors (Lipinski definition) is 2. The molecular formula is C14H21BrN2O. The van der Waals surface area contributed by atoms with E-state index in [0.717, 1.165) is 23.0 Å². The summed E-state index contributed by atoms with van der Waals surface area (Å²) in [5, 5.41) is 15.9. The van der Waals surface area contributed by atoms with E-state index in [9.17, 15) is 5.11 Å². The van der Waals surface area contributed by atoms with E-state index in [1.54, 1.807) is 6.20 Å². The Morgan fingerprint density at radius 3 is 2.56 bits per heavy atom. The maximum atomic E-state index is 11.6. The average Bonchev–Trinajstić information content (AvgIpc) is 2.86. The fraction of sp³-hybridized carbons (Fsp3) is 0.786. The van der Waals surface area contributed by atoms with Gasteiger partial charge < -0.3 is 5.11 Å². The smallest absolute Gasteiger partial charge is 0.118 e. The summed E-state index contributed by atoms with van der Waals surface area (Å²) in [6.07, 6.45) is 5.25. The normalized spacial score (nSPS) is 41.6. The molecule has 0 radical (unpaired) electrons. The van der Waals surface area contributed by atoms with E-state index in [2.05, 4.69) is 41.8 Å². The highest BCUT2D eigenvalue weighted by atomic mass is 79.9. The molecule has 0 amide bonds. The minimum Gasteiger partial charge on any atom is -0.382 e. The zero-order valence-corrected chi connectivity index (χ0v) is 13.1. The van der Waals surface area contributed by atoms with Gasteiger partial charge in [-0.25, -0.2) is 0 Å². The van der Waals surface area contributed by atoms with Crippen LogP contribution in [-0.2, 0) is 12.6 Å². The molecular weight excluding hydrogens is 292 g/mol. The van der Waals surface area contributed by atoms with Crippen molar-refractivity contribution in [3.05, 3.63) is 16.4 Å². The quantitative estimate of drug-likeness (QED) is 0.864. The van der Waals surface area contributed by atoms with Crippen LogP contribution in [0.4, 0.5) is 0 Å². The Kier molecular flexibility index (Phi) is 2.39. The molecule has 3 nitrogen and oxygen atoms in total. The number of rotatable bonds is 1. The van der Waals surface area contributed by atoms with Crippen LogP contribution in [0.5, 0.6) is 0 Å². The third kappa shape index (κ3) is 1.17. The molecule has 3 rings (SSSR count). The molecule has 4 heteroatoms. The van der Waals surface area contributed by atoms with Crippen molar-refractivity contribution < 1.29 is 5.11 Å². The lowest BCUT2D eigenvalue weighted by atomic mass is 9.59. The van der Waals surface area contributed by atoms with Crippen molar-refractivity contribution in [3.8, 4) is 0 Å². The Hall–Kier alpha value is -0.350. The van der Waals surface area contributed by atoms with Gasteiger partial charge in [0.1, 0.15) is 5.60 Å². The Morgan fingerprint density at radius 1 is 1.44 bits per heavy atom. The fourth-order valence-corrected chi connectivity index (χ4v) is 5.30. The van der Waals surface area contributed by atoms with E-state index < -0.39 is 5.60 Å². The van der Waals surface area contributed by atoms with Crippen molar-refractivity contribution in [1.82, 2.24) is 9.78 Å². The summed E-state index contributed by atoms with van der Waals surface area (Å²) in [6, 6.07) is 0. The Labute approximate surface area is 117 Å². The molecule has 3 unspecified atom stereocenters. The summed E-state index contributed by atoms with van der Waals surface area (Å²) in [5.74, 6) is 0.606. The summed E-state index contributed by atoms with van der Waals surface area (Å²) in [5.41, 5.74) is 0.0121. The second-order valence-electron chi connectivity index (χ2n) is 6.90. The summed E-state index contributed by atoms with van der Waals surface area (Å²) in [4.78, 5) is 0. The number of halogens is 1. The van der Waals surface area contributed by atoms with E-state index in [1.165, 1.54) is 6.42 Å². The summed E-state index contributed by atoms with van der Waals surface area (Å²) >= 11 is 3.57. The number of hydrogen-bond donors (Lipinski definition) is 1. The van der Waals surface area contributed by atoms with E-state index in [0.29, 0.717) is 5.92 Å². The molecule has 3 atom stereocenters. The highest BCUT2D eigenvalue weighted by Crippen LogP contribution is 2.72. The predicted octanol–water partition coefficient (Wildman–Crippen LogP) is 3.22. The third-order valence-electron chi connectivity index (χ3n) is 5.80. The fourth-order valence-electron chi connectivity index (χ4n) is 4.67. The van der Waals surface area contributed by atoms with Crippen LogP contribution < -0.4 is 0 Å². The summed E-state index contributed by atoms with van der Waals surface area (Å²) < 4.78 is 2.76. The molecule has 1 aromatic heterocycles. The van der Waals surface area contributed by atoms with Gasteiger partial charge >= 0.3 is 0 Å². The highest BCUT2D eigenvalue weighted by Gasteiger charge is 2.70. The second-order valence-corrected chi connectivity index (χ2v) is 7.75. The molecule has 2 aliphatic rings. The van der Waals surface area contributed by atoms with E-state index >= 15 is 0 Å². The molecule has 2 bridgehead atoms. The molecule has 1 N–H and O–H groups in total. The maximum Gasteiger partial charge on any atom is 0.118 e. The molecule has 2 saturated carbocycles. The molecule has 0 aromatic carbocycles. The van der Waals surface area contributed by atoms with Crippen LogP contribution in [0.25, 0.3) is 0 Å². The van der Waals surface area contributed by atoms with Gasteiger partial charge in [-0.05, 0) is 41.1 Å². The first kappa shape index (κ1) is 12.7. The van der Waals surface area contributed by atoms with Gasteiger partial charge in [0.2, 0.25) is 0 Å². The van der Waals surface area contributed by atoms with Gasteiger partial charge in [-0.2, -0.15) is 5.10 Å². The number of aryl methyl sites for hydroxylation is 1. The maximum absolute atomic E-state index is 11.6. The van der Waals surface area contributed by atoms with Crippen LogP contribution in [0.1, 0.15) is 45.7 Å². The number of aliphatic hydroxyl groups is 1. The number of fused-ring (bicyclic) bond motifs is 2. The van der Waals surface area contributed by atoms with Crippen molar-refractivity contribution in [2.24, 2.45) is 23.8 Å². The van der Waals surface area contributed by atoms with Gasteiger partial charge in [0.25, 0.3) is 0 Å². The second kappa shape index (κ2) is 3.40. The summed E-state index contributed by atoms with van der Waals surface area (Å²) in [6.45, 7) is 6.66. The van der Waals surface area contributed by atoms with Gasteiger partial charge in [0, 0.05) is 17.9 Å². The largest absolute Gasteiger partial charge is 0.382 e. The molecule has 2 aliphatic carbocycles. The minimum absolute atomic E-state index is 0.0303. The number of aromatic nitrogens is 2. The first-order chi connectivity index (χ1) is 8.24. The lowest BCUT2D eigenvalue weighted by Gasteiger charge is -2.50. The predicted molar refractivity (Wildman–Crippen MR) is 74.0 cm³/mol. The molecule has 0 aliphatic heterocycles. The monoisotopic (exact) mass is 312 g/mol. The molecule has 0 spiro atoms. The molecule has 1 aromatic rings. The first-order valence-corrected chi connectivity index (χ1v) is 7.44.